The molecule has 0 fully saturated rings. The maximum Gasteiger partial charge on any atom is 0.472 e. The SMILES string of the molecule is CCCCCCCCCCCCCCCCC(=O)O[C@H](COC(=O)CCCCCCCCCCC(C)CC)COP(=O)(O)OC[C@@H](O)COP(=O)(O)OC[C@@H](COC(=O)CCCCCCCCCCC)OC(=O)CCCCCCCCCCC. The lowest BCUT2D eigenvalue weighted by Gasteiger charge is -2.21. The van der Waals surface area contributed by atoms with E-state index in [1.54, 1.807) is 0 Å². The summed E-state index contributed by atoms with van der Waals surface area (Å²) in [4.78, 5) is 72.2. The van der Waals surface area contributed by atoms with Crippen LogP contribution in [0.2, 0.25) is 0 Å². The Kier molecular flexibility index (Phi) is 57.4. The summed E-state index contributed by atoms with van der Waals surface area (Å²) in [5.41, 5.74) is 0. The molecular weight excluding hydrogens is 1110 g/mol. The lowest BCUT2D eigenvalue weighted by atomic mass is 9.99. The molecular formula is C65H126O17P2. The molecule has 0 radical (unpaired) electrons. The van der Waals surface area contributed by atoms with E-state index in [1.165, 1.54) is 154 Å². The fourth-order valence-corrected chi connectivity index (χ4v) is 11.3. The van der Waals surface area contributed by atoms with Crippen LogP contribution in [0.25, 0.3) is 0 Å². The Morgan fingerprint density at radius 1 is 0.333 bits per heavy atom. The van der Waals surface area contributed by atoms with E-state index in [4.69, 9.17) is 37.0 Å². The molecule has 19 heteroatoms. The number of hydrogen-bond acceptors (Lipinski definition) is 15. The number of ether oxygens (including phenoxy) is 4. The highest BCUT2D eigenvalue weighted by molar-refractivity contribution is 7.47. The van der Waals surface area contributed by atoms with Gasteiger partial charge in [-0.1, -0.05) is 279 Å². The van der Waals surface area contributed by atoms with Gasteiger partial charge in [0.15, 0.2) is 12.2 Å². The number of phosphoric acid groups is 2. The first-order valence-corrected chi connectivity index (χ1v) is 37.2. The highest BCUT2D eigenvalue weighted by Gasteiger charge is 2.30. The molecule has 0 saturated heterocycles. The van der Waals surface area contributed by atoms with Gasteiger partial charge in [0.25, 0.3) is 0 Å². The second-order valence-electron chi connectivity index (χ2n) is 23.7. The second-order valence-corrected chi connectivity index (χ2v) is 26.7. The zero-order valence-corrected chi connectivity index (χ0v) is 55.8. The predicted octanol–water partition coefficient (Wildman–Crippen LogP) is 18.2. The van der Waals surface area contributed by atoms with Crippen molar-refractivity contribution in [1.82, 2.24) is 0 Å². The average molecular weight is 1240 g/mol. The van der Waals surface area contributed by atoms with E-state index < -0.39 is 97.5 Å². The Morgan fingerprint density at radius 2 is 0.571 bits per heavy atom. The van der Waals surface area contributed by atoms with Gasteiger partial charge in [-0.25, -0.2) is 9.13 Å². The van der Waals surface area contributed by atoms with Crippen LogP contribution in [0.5, 0.6) is 0 Å². The van der Waals surface area contributed by atoms with Gasteiger partial charge in [0.1, 0.15) is 19.3 Å². The number of aliphatic hydroxyl groups is 1. The Morgan fingerprint density at radius 3 is 0.845 bits per heavy atom. The van der Waals surface area contributed by atoms with E-state index in [2.05, 4.69) is 34.6 Å². The third-order valence-corrected chi connectivity index (χ3v) is 17.3. The Labute approximate surface area is 511 Å². The molecule has 0 aliphatic rings. The van der Waals surface area contributed by atoms with Crippen LogP contribution in [0.4, 0.5) is 0 Å². The highest BCUT2D eigenvalue weighted by atomic mass is 31.2. The van der Waals surface area contributed by atoms with Crippen molar-refractivity contribution in [3.63, 3.8) is 0 Å². The smallest absolute Gasteiger partial charge is 0.462 e. The topological polar surface area (TPSA) is 237 Å². The first-order chi connectivity index (χ1) is 40.6. The minimum absolute atomic E-state index is 0.106. The van der Waals surface area contributed by atoms with Crippen molar-refractivity contribution in [2.24, 2.45) is 5.92 Å². The molecule has 84 heavy (non-hydrogen) atoms. The largest absolute Gasteiger partial charge is 0.472 e. The van der Waals surface area contributed by atoms with Crippen LogP contribution < -0.4 is 0 Å². The van der Waals surface area contributed by atoms with Crippen molar-refractivity contribution in [3.05, 3.63) is 0 Å². The van der Waals surface area contributed by atoms with Crippen molar-refractivity contribution in [3.8, 4) is 0 Å². The van der Waals surface area contributed by atoms with E-state index in [0.717, 1.165) is 95.8 Å². The molecule has 498 valence electrons. The molecule has 0 aromatic carbocycles. The fourth-order valence-electron chi connectivity index (χ4n) is 9.73. The maximum atomic E-state index is 13.0. The van der Waals surface area contributed by atoms with Crippen LogP contribution >= 0.6 is 15.6 Å². The van der Waals surface area contributed by atoms with Crippen LogP contribution in [0.15, 0.2) is 0 Å². The molecule has 3 N–H and O–H groups in total. The van der Waals surface area contributed by atoms with E-state index >= 15 is 0 Å². The van der Waals surface area contributed by atoms with E-state index in [0.29, 0.717) is 25.7 Å². The van der Waals surface area contributed by atoms with Gasteiger partial charge in [0.05, 0.1) is 26.4 Å². The summed E-state index contributed by atoms with van der Waals surface area (Å²) < 4.78 is 68.0. The molecule has 3 unspecified atom stereocenters. The van der Waals surface area contributed by atoms with Gasteiger partial charge in [-0.15, -0.1) is 0 Å². The summed E-state index contributed by atoms with van der Waals surface area (Å²) in [7, 11) is -9.88. The molecule has 6 atom stereocenters. The molecule has 0 amide bonds. The molecule has 0 aromatic rings. The number of esters is 4. The lowest BCUT2D eigenvalue weighted by molar-refractivity contribution is -0.161. The van der Waals surface area contributed by atoms with Crippen molar-refractivity contribution in [1.29, 1.82) is 0 Å². The van der Waals surface area contributed by atoms with Crippen LogP contribution in [0.1, 0.15) is 330 Å². The number of rotatable bonds is 65. The Bertz CT molecular complexity index is 1640. The van der Waals surface area contributed by atoms with Gasteiger partial charge >= 0.3 is 39.5 Å². The van der Waals surface area contributed by atoms with Crippen LogP contribution in [-0.2, 0) is 65.4 Å². The van der Waals surface area contributed by atoms with Gasteiger partial charge in [-0.05, 0) is 31.6 Å². The predicted molar refractivity (Wildman–Crippen MR) is 335 cm³/mol. The zero-order chi connectivity index (χ0) is 62.0. The zero-order valence-electron chi connectivity index (χ0n) is 54.0. The van der Waals surface area contributed by atoms with Crippen molar-refractivity contribution in [2.75, 3.05) is 39.6 Å². The first-order valence-electron chi connectivity index (χ1n) is 34.2. The molecule has 0 heterocycles. The Balaban J connectivity index is 5.23. The average Bonchev–Trinajstić information content (AvgIpc) is 3.57. The van der Waals surface area contributed by atoms with Gasteiger partial charge in [-0.3, -0.25) is 37.3 Å². The van der Waals surface area contributed by atoms with E-state index in [1.807, 2.05) is 0 Å². The van der Waals surface area contributed by atoms with Crippen LogP contribution in [-0.4, -0.2) is 96.7 Å². The molecule has 0 spiro atoms. The van der Waals surface area contributed by atoms with Crippen molar-refractivity contribution < 1.29 is 80.2 Å². The summed E-state index contributed by atoms with van der Waals surface area (Å²) in [6.07, 6.45) is 42.9. The molecule has 0 saturated carbocycles. The molecule has 0 aromatic heterocycles. The number of aliphatic hydroxyl groups excluding tert-OH is 1. The van der Waals surface area contributed by atoms with Gasteiger partial charge < -0.3 is 33.8 Å². The lowest BCUT2D eigenvalue weighted by Crippen LogP contribution is -2.30. The van der Waals surface area contributed by atoms with Crippen LogP contribution in [0.3, 0.4) is 0 Å². The van der Waals surface area contributed by atoms with Crippen molar-refractivity contribution >= 4 is 39.5 Å². The monoisotopic (exact) mass is 1240 g/mol. The van der Waals surface area contributed by atoms with Gasteiger partial charge in [0.2, 0.25) is 0 Å². The third-order valence-electron chi connectivity index (χ3n) is 15.4. The quantitative estimate of drug-likeness (QED) is 0.0222. The molecule has 0 aliphatic heterocycles. The van der Waals surface area contributed by atoms with E-state index in [-0.39, 0.29) is 25.7 Å². The van der Waals surface area contributed by atoms with E-state index in [9.17, 15) is 43.2 Å². The fraction of sp³-hybridized carbons (Fsp3) is 0.938. The number of carbonyl (C=O) groups excluding carboxylic acids is 4. The van der Waals surface area contributed by atoms with Crippen LogP contribution in [0, 0.1) is 5.92 Å². The number of hydrogen-bond donors (Lipinski definition) is 3. The molecule has 0 aliphatic carbocycles. The summed E-state index contributed by atoms with van der Waals surface area (Å²) in [5, 5.41) is 10.5. The first kappa shape index (κ1) is 82.1. The minimum Gasteiger partial charge on any atom is -0.462 e. The number of phosphoric ester groups is 2. The molecule has 0 bridgehead atoms. The summed E-state index contributed by atoms with van der Waals surface area (Å²) in [5.74, 6) is -1.35. The maximum absolute atomic E-state index is 13.0. The highest BCUT2D eigenvalue weighted by Crippen LogP contribution is 2.45. The Hall–Kier alpha value is -1.94. The number of carbonyl (C=O) groups is 4. The third kappa shape index (κ3) is 57.8. The summed E-state index contributed by atoms with van der Waals surface area (Å²) >= 11 is 0. The summed E-state index contributed by atoms with van der Waals surface area (Å²) in [6, 6.07) is 0. The van der Waals surface area contributed by atoms with Crippen molar-refractivity contribution in [2.45, 2.75) is 348 Å². The second kappa shape index (κ2) is 58.7. The molecule has 17 nitrogen and oxygen atoms in total. The van der Waals surface area contributed by atoms with Gasteiger partial charge in [-0.2, -0.15) is 0 Å². The standard InChI is InChI=1S/C65H126O17P2/c1-6-10-13-16-19-22-23-24-25-26-29-36-41-46-51-65(70)82-61(55-76-63(68)49-44-39-34-31-30-32-37-42-47-58(5)9-4)57-80-84(73,74)78-53-59(66)52-77-83(71,72)79-56-60(81-64(69)50-45-40-35-28-21-18-15-12-8-3)54-75-62(67)48-43-38-33-27-20-17-14-11-7-2/h58-61,66H,6-57H2,1-5H3,(H,71,72)(H,73,74)/t58?,59-,60+,61+/m0/s1. The summed E-state index contributed by atoms with van der Waals surface area (Å²) in [6.45, 7) is 7.18. The number of unbranched alkanes of at least 4 members (excludes halogenated alkanes) is 36. The minimum atomic E-state index is -4.94. The molecule has 0 rings (SSSR count). The normalized spacial score (nSPS) is 14.5. The van der Waals surface area contributed by atoms with Gasteiger partial charge in [0, 0.05) is 25.7 Å².